The molecule has 0 saturated heterocycles. The monoisotopic (exact) mass is 224 g/mol. The van der Waals surface area contributed by atoms with Gasteiger partial charge in [-0.15, -0.1) is 5.73 Å². The van der Waals surface area contributed by atoms with E-state index in [4.69, 9.17) is 5.11 Å². The molecular formula is C15H28O. The number of allylic oxidation sites excluding steroid dienone is 1. The Bertz CT molecular complexity index is 184. The van der Waals surface area contributed by atoms with Gasteiger partial charge in [0.15, 0.2) is 0 Å². The number of hydrogen-bond donors (Lipinski definition) is 1. The number of hydrogen-bond acceptors (Lipinski definition) is 1. The van der Waals surface area contributed by atoms with Crippen molar-refractivity contribution in [2.45, 2.75) is 65.2 Å². The van der Waals surface area contributed by atoms with Gasteiger partial charge in [0.25, 0.3) is 0 Å². The molecule has 0 heterocycles. The first-order valence-electron chi connectivity index (χ1n) is 6.87. The van der Waals surface area contributed by atoms with Crippen molar-refractivity contribution in [3.8, 4) is 0 Å². The number of aliphatic hydroxyl groups is 1. The van der Waals surface area contributed by atoms with Gasteiger partial charge in [0, 0.05) is 6.61 Å². The zero-order valence-corrected chi connectivity index (χ0v) is 11.0. The molecule has 1 N–H and O–H groups in total. The number of aliphatic hydroxyl groups excluding tert-OH is 1. The average Bonchev–Trinajstić information content (AvgIpc) is 2.28. The lowest BCUT2D eigenvalue weighted by molar-refractivity contribution is 0.266. The van der Waals surface area contributed by atoms with E-state index >= 15 is 0 Å². The summed E-state index contributed by atoms with van der Waals surface area (Å²) in [6.45, 7) is 4.71. The minimum Gasteiger partial charge on any atom is -0.396 e. The summed E-state index contributed by atoms with van der Waals surface area (Å²) in [5.41, 5.74) is 3.27. The SMILES string of the molecule is CCCCCCC=C=CC(CCC)CCO. The van der Waals surface area contributed by atoms with Crippen LogP contribution in [0.15, 0.2) is 17.9 Å². The minimum atomic E-state index is 0.291. The molecular weight excluding hydrogens is 196 g/mol. The fourth-order valence-electron chi connectivity index (χ4n) is 1.81. The van der Waals surface area contributed by atoms with Gasteiger partial charge in [0.2, 0.25) is 0 Å². The molecule has 0 aliphatic carbocycles. The Labute approximate surface area is 101 Å². The summed E-state index contributed by atoms with van der Waals surface area (Å²) in [5, 5.41) is 8.91. The zero-order chi connectivity index (χ0) is 12.1. The molecule has 1 nitrogen and oxygen atoms in total. The molecule has 0 aliphatic rings. The van der Waals surface area contributed by atoms with Gasteiger partial charge in [-0.2, -0.15) is 0 Å². The van der Waals surface area contributed by atoms with Crippen molar-refractivity contribution in [3.63, 3.8) is 0 Å². The Morgan fingerprint density at radius 3 is 2.50 bits per heavy atom. The third-order valence-corrected chi connectivity index (χ3v) is 2.81. The highest BCUT2D eigenvalue weighted by atomic mass is 16.3. The third kappa shape index (κ3) is 10.0. The van der Waals surface area contributed by atoms with Crippen molar-refractivity contribution in [3.05, 3.63) is 17.9 Å². The first kappa shape index (κ1) is 15.5. The molecule has 0 aromatic rings. The summed E-state index contributed by atoms with van der Waals surface area (Å²) < 4.78 is 0. The van der Waals surface area contributed by atoms with Crippen molar-refractivity contribution >= 4 is 0 Å². The van der Waals surface area contributed by atoms with Crippen LogP contribution in [0.5, 0.6) is 0 Å². The second-order valence-corrected chi connectivity index (χ2v) is 4.45. The maximum atomic E-state index is 8.91. The molecule has 1 heteroatoms. The molecule has 0 spiro atoms. The molecule has 1 unspecified atom stereocenters. The van der Waals surface area contributed by atoms with Crippen LogP contribution in [0.25, 0.3) is 0 Å². The number of unbranched alkanes of at least 4 members (excludes halogenated alkanes) is 4. The van der Waals surface area contributed by atoms with Gasteiger partial charge in [-0.05, 0) is 43.8 Å². The molecule has 0 amide bonds. The van der Waals surface area contributed by atoms with Crippen LogP contribution in [-0.4, -0.2) is 11.7 Å². The van der Waals surface area contributed by atoms with Gasteiger partial charge < -0.3 is 5.11 Å². The van der Waals surface area contributed by atoms with Crippen LogP contribution in [-0.2, 0) is 0 Å². The Balaban J connectivity index is 3.69. The molecule has 16 heavy (non-hydrogen) atoms. The topological polar surface area (TPSA) is 20.2 Å². The standard InChI is InChI=1S/C15H28O/c1-3-5-6-7-8-9-10-12-15(11-4-2)13-14-16/h9,12,15-16H,3-8,11,13-14H2,1-2H3. The van der Waals surface area contributed by atoms with Crippen LogP contribution in [0, 0.1) is 5.92 Å². The fourth-order valence-corrected chi connectivity index (χ4v) is 1.81. The first-order valence-corrected chi connectivity index (χ1v) is 6.87. The molecule has 1 atom stereocenters. The molecule has 0 saturated carbocycles. The molecule has 0 rings (SSSR count). The molecule has 0 aromatic carbocycles. The lowest BCUT2D eigenvalue weighted by Gasteiger charge is -2.06. The fraction of sp³-hybridized carbons (Fsp3) is 0.800. The van der Waals surface area contributed by atoms with Crippen LogP contribution in [0.4, 0.5) is 0 Å². The third-order valence-electron chi connectivity index (χ3n) is 2.81. The summed E-state index contributed by atoms with van der Waals surface area (Å²) in [6, 6.07) is 0. The van der Waals surface area contributed by atoms with Crippen molar-refractivity contribution in [1.29, 1.82) is 0 Å². The quantitative estimate of drug-likeness (QED) is 0.429. The van der Waals surface area contributed by atoms with E-state index in [-0.39, 0.29) is 0 Å². The largest absolute Gasteiger partial charge is 0.396 e. The number of rotatable bonds is 10. The van der Waals surface area contributed by atoms with E-state index in [1.165, 1.54) is 32.1 Å². The highest BCUT2D eigenvalue weighted by Crippen LogP contribution is 2.11. The average molecular weight is 224 g/mol. The summed E-state index contributed by atoms with van der Waals surface area (Å²) in [4.78, 5) is 0. The second-order valence-electron chi connectivity index (χ2n) is 4.45. The summed E-state index contributed by atoms with van der Waals surface area (Å²) in [5.74, 6) is 0.516. The lowest BCUT2D eigenvalue weighted by Crippen LogP contribution is -1.98. The predicted octanol–water partition coefficient (Wildman–Crippen LogP) is 4.47. The molecule has 0 aliphatic heterocycles. The molecule has 94 valence electrons. The maximum Gasteiger partial charge on any atom is 0.0436 e. The van der Waals surface area contributed by atoms with E-state index in [0.717, 1.165) is 19.3 Å². The maximum absolute atomic E-state index is 8.91. The molecule has 0 bridgehead atoms. The Morgan fingerprint density at radius 1 is 1.06 bits per heavy atom. The van der Waals surface area contributed by atoms with Crippen molar-refractivity contribution < 1.29 is 5.11 Å². The first-order chi connectivity index (χ1) is 7.85. The zero-order valence-electron chi connectivity index (χ0n) is 11.0. The van der Waals surface area contributed by atoms with E-state index in [1.807, 2.05) is 0 Å². The summed E-state index contributed by atoms with van der Waals surface area (Å²) in [6.07, 6.45) is 13.9. The molecule has 0 fully saturated rings. The Morgan fingerprint density at radius 2 is 1.88 bits per heavy atom. The normalized spacial score (nSPS) is 11.9. The van der Waals surface area contributed by atoms with Gasteiger partial charge in [0.1, 0.15) is 0 Å². The van der Waals surface area contributed by atoms with Gasteiger partial charge in [-0.1, -0.05) is 39.5 Å². The molecule has 0 radical (unpaired) electrons. The van der Waals surface area contributed by atoms with Crippen LogP contribution in [0.1, 0.15) is 65.2 Å². The van der Waals surface area contributed by atoms with Crippen LogP contribution in [0.2, 0.25) is 0 Å². The van der Waals surface area contributed by atoms with Crippen LogP contribution >= 0.6 is 0 Å². The smallest absolute Gasteiger partial charge is 0.0436 e. The van der Waals surface area contributed by atoms with Gasteiger partial charge >= 0.3 is 0 Å². The lowest BCUT2D eigenvalue weighted by atomic mass is 10.0. The predicted molar refractivity (Wildman–Crippen MR) is 71.5 cm³/mol. The highest BCUT2D eigenvalue weighted by Gasteiger charge is 2.00. The highest BCUT2D eigenvalue weighted by molar-refractivity contribution is 4.89. The van der Waals surface area contributed by atoms with Crippen LogP contribution in [0.3, 0.4) is 0 Å². The van der Waals surface area contributed by atoms with Gasteiger partial charge in [0.05, 0.1) is 0 Å². The van der Waals surface area contributed by atoms with E-state index in [0.29, 0.717) is 12.5 Å². The van der Waals surface area contributed by atoms with E-state index in [1.54, 1.807) is 0 Å². The summed E-state index contributed by atoms with van der Waals surface area (Å²) in [7, 11) is 0. The Hall–Kier alpha value is -0.520. The van der Waals surface area contributed by atoms with Gasteiger partial charge in [-0.3, -0.25) is 0 Å². The van der Waals surface area contributed by atoms with Crippen molar-refractivity contribution in [2.24, 2.45) is 5.92 Å². The van der Waals surface area contributed by atoms with E-state index in [2.05, 4.69) is 31.7 Å². The van der Waals surface area contributed by atoms with Crippen molar-refractivity contribution in [1.82, 2.24) is 0 Å². The van der Waals surface area contributed by atoms with E-state index in [9.17, 15) is 0 Å². The van der Waals surface area contributed by atoms with E-state index < -0.39 is 0 Å². The summed E-state index contributed by atoms with van der Waals surface area (Å²) >= 11 is 0. The molecule has 0 aromatic heterocycles. The van der Waals surface area contributed by atoms with Gasteiger partial charge in [-0.25, -0.2) is 0 Å². The minimum absolute atomic E-state index is 0.291. The van der Waals surface area contributed by atoms with Crippen LogP contribution < -0.4 is 0 Å². The van der Waals surface area contributed by atoms with Crippen molar-refractivity contribution in [2.75, 3.05) is 6.61 Å². The second kappa shape index (κ2) is 12.5. The Kier molecular flexibility index (Phi) is 12.1.